The molecule has 8 nitrogen and oxygen atoms in total. The number of hydrogen-bond donors (Lipinski definition) is 1. The molecule has 0 fully saturated rings. The van der Waals surface area contributed by atoms with Crippen LogP contribution in [0.3, 0.4) is 0 Å². The van der Waals surface area contributed by atoms with Gasteiger partial charge < -0.3 is 19.0 Å². The first-order valence-corrected chi connectivity index (χ1v) is 11.8. The Labute approximate surface area is 205 Å². The molecule has 4 aromatic rings. The fourth-order valence-corrected chi connectivity index (χ4v) is 5.10. The largest absolute Gasteiger partial charge is 0.503 e. The van der Waals surface area contributed by atoms with Gasteiger partial charge in [-0.15, -0.1) is 0 Å². The van der Waals surface area contributed by atoms with Crippen LogP contribution in [0.15, 0.2) is 70.3 Å². The molecule has 0 saturated heterocycles. The van der Waals surface area contributed by atoms with Crippen molar-refractivity contribution in [2.45, 2.75) is 19.9 Å². The predicted octanol–water partition coefficient (Wildman–Crippen LogP) is 5.39. The van der Waals surface area contributed by atoms with Crippen LogP contribution in [-0.2, 0) is 4.79 Å². The standard InChI is InChI=1S/C26H22N2O6S/c1-4-33-16-8-6-15(7-9-16)22-21(23(29)19-12-5-14(2)34-19)24(30)25(31)28(22)26-27-18-11-10-17(32-3)13-20(18)35-26/h5-13,22,30H,4H2,1-3H3. The molecule has 3 heterocycles. The average molecular weight is 491 g/mol. The lowest BCUT2D eigenvalue weighted by molar-refractivity contribution is -0.117. The summed E-state index contributed by atoms with van der Waals surface area (Å²) in [7, 11) is 1.57. The number of Topliss-reactive ketones (excluding diaryl/α,β-unsaturated/α-hetero) is 1. The van der Waals surface area contributed by atoms with Crippen molar-refractivity contribution in [3.8, 4) is 11.5 Å². The summed E-state index contributed by atoms with van der Waals surface area (Å²) in [5, 5.41) is 11.3. The van der Waals surface area contributed by atoms with E-state index in [4.69, 9.17) is 13.9 Å². The summed E-state index contributed by atoms with van der Waals surface area (Å²) in [5.74, 6) is 0.0148. The number of carbonyl (C=O) groups excluding carboxylic acids is 2. The zero-order valence-corrected chi connectivity index (χ0v) is 20.1. The van der Waals surface area contributed by atoms with Crippen molar-refractivity contribution in [3.05, 3.63) is 83.0 Å². The third-order valence-electron chi connectivity index (χ3n) is 5.71. The van der Waals surface area contributed by atoms with E-state index in [1.54, 1.807) is 56.5 Å². The number of aliphatic hydroxyl groups is 1. The van der Waals surface area contributed by atoms with Crippen LogP contribution >= 0.6 is 11.3 Å². The van der Waals surface area contributed by atoms with Crippen LogP contribution in [0.5, 0.6) is 11.5 Å². The highest BCUT2D eigenvalue weighted by molar-refractivity contribution is 7.22. The third kappa shape index (κ3) is 3.93. The minimum Gasteiger partial charge on any atom is -0.503 e. The van der Waals surface area contributed by atoms with Gasteiger partial charge in [0.15, 0.2) is 16.7 Å². The molecule has 2 aromatic carbocycles. The Bertz CT molecular complexity index is 1470. The summed E-state index contributed by atoms with van der Waals surface area (Å²) >= 11 is 1.27. The Morgan fingerprint density at radius 1 is 1.14 bits per heavy atom. The van der Waals surface area contributed by atoms with Crippen molar-refractivity contribution < 1.29 is 28.6 Å². The van der Waals surface area contributed by atoms with Crippen molar-refractivity contribution in [1.29, 1.82) is 0 Å². The van der Waals surface area contributed by atoms with Crippen molar-refractivity contribution in [2.24, 2.45) is 0 Å². The van der Waals surface area contributed by atoms with E-state index >= 15 is 0 Å². The number of anilines is 1. The number of aryl methyl sites for hydroxylation is 1. The first-order chi connectivity index (χ1) is 16.9. The molecule has 35 heavy (non-hydrogen) atoms. The molecular formula is C26H22N2O6S. The van der Waals surface area contributed by atoms with Gasteiger partial charge in [-0.1, -0.05) is 23.5 Å². The maximum atomic E-state index is 13.5. The average Bonchev–Trinajstić information content (AvgIpc) is 3.55. The van der Waals surface area contributed by atoms with Crippen LogP contribution in [0.2, 0.25) is 0 Å². The second-order valence-corrected chi connectivity index (χ2v) is 8.92. The zero-order chi connectivity index (χ0) is 24.7. The van der Waals surface area contributed by atoms with Crippen molar-refractivity contribution in [1.82, 2.24) is 4.98 Å². The van der Waals surface area contributed by atoms with E-state index < -0.39 is 23.5 Å². The van der Waals surface area contributed by atoms with Gasteiger partial charge in [0.2, 0.25) is 5.78 Å². The molecule has 5 rings (SSSR count). The number of rotatable bonds is 7. The number of ketones is 1. The highest BCUT2D eigenvalue weighted by Crippen LogP contribution is 2.44. The van der Waals surface area contributed by atoms with Crippen LogP contribution in [0.4, 0.5) is 5.13 Å². The minimum absolute atomic E-state index is 0.0451. The Morgan fingerprint density at radius 2 is 1.89 bits per heavy atom. The van der Waals surface area contributed by atoms with Gasteiger partial charge in [0, 0.05) is 0 Å². The summed E-state index contributed by atoms with van der Waals surface area (Å²) in [6.45, 7) is 4.11. The second-order valence-electron chi connectivity index (χ2n) is 7.91. The Kier molecular flexibility index (Phi) is 5.78. The highest BCUT2D eigenvalue weighted by Gasteiger charge is 2.46. The number of aromatic nitrogens is 1. The maximum absolute atomic E-state index is 13.5. The highest BCUT2D eigenvalue weighted by atomic mass is 32.1. The van der Waals surface area contributed by atoms with Gasteiger partial charge >= 0.3 is 0 Å². The molecule has 1 amide bonds. The molecule has 0 bridgehead atoms. The number of aliphatic hydroxyl groups excluding tert-OH is 1. The number of thiazole rings is 1. The Morgan fingerprint density at radius 3 is 2.54 bits per heavy atom. The first-order valence-electron chi connectivity index (χ1n) is 11.0. The van der Waals surface area contributed by atoms with Gasteiger partial charge in [0.25, 0.3) is 5.91 Å². The van der Waals surface area contributed by atoms with Crippen LogP contribution in [0.1, 0.15) is 34.8 Å². The molecule has 1 N–H and O–H groups in total. The van der Waals surface area contributed by atoms with Gasteiger partial charge in [-0.05, 0) is 61.9 Å². The fourth-order valence-electron chi connectivity index (χ4n) is 4.08. The molecule has 0 aliphatic carbocycles. The molecule has 1 aliphatic heterocycles. The van der Waals surface area contributed by atoms with E-state index in [-0.39, 0.29) is 11.3 Å². The summed E-state index contributed by atoms with van der Waals surface area (Å²) in [6.07, 6.45) is 0. The van der Waals surface area contributed by atoms with Gasteiger partial charge in [-0.25, -0.2) is 4.98 Å². The van der Waals surface area contributed by atoms with Gasteiger partial charge in [-0.2, -0.15) is 0 Å². The van der Waals surface area contributed by atoms with Gasteiger partial charge in [0.1, 0.15) is 17.3 Å². The van der Waals surface area contributed by atoms with E-state index in [1.165, 1.54) is 22.3 Å². The van der Waals surface area contributed by atoms with E-state index in [0.29, 0.717) is 40.1 Å². The van der Waals surface area contributed by atoms with Crippen LogP contribution in [0.25, 0.3) is 10.2 Å². The van der Waals surface area contributed by atoms with Crippen molar-refractivity contribution in [2.75, 3.05) is 18.6 Å². The summed E-state index contributed by atoms with van der Waals surface area (Å²) in [4.78, 5) is 32.8. The summed E-state index contributed by atoms with van der Waals surface area (Å²) < 4.78 is 17.2. The zero-order valence-electron chi connectivity index (χ0n) is 19.3. The fraction of sp³-hybridized carbons (Fsp3) is 0.192. The lowest BCUT2D eigenvalue weighted by atomic mass is 9.95. The number of methoxy groups -OCH3 is 1. The quantitative estimate of drug-likeness (QED) is 0.347. The van der Waals surface area contributed by atoms with E-state index in [9.17, 15) is 14.7 Å². The maximum Gasteiger partial charge on any atom is 0.296 e. The number of amides is 1. The lowest BCUT2D eigenvalue weighted by Crippen LogP contribution is -2.30. The predicted molar refractivity (Wildman–Crippen MR) is 131 cm³/mol. The van der Waals surface area contributed by atoms with Crippen LogP contribution in [0, 0.1) is 6.92 Å². The van der Waals surface area contributed by atoms with E-state index in [2.05, 4.69) is 4.98 Å². The van der Waals surface area contributed by atoms with E-state index in [1.807, 2.05) is 13.0 Å². The van der Waals surface area contributed by atoms with Crippen molar-refractivity contribution >= 4 is 38.4 Å². The third-order valence-corrected chi connectivity index (χ3v) is 6.73. The van der Waals surface area contributed by atoms with Crippen molar-refractivity contribution in [3.63, 3.8) is 0 Å². The molecule has 0 spiro atoms. The summed E-state index contributed by atoms with van der Waals surface area (Å²) in [6, 6.07) is 14.8. The molecule has 0 radical (unpaired) electrons. The number of hydrogen-bond acceptors (Lipinski definition) is 8. The first kappa shape index (κ1) is 22.7. The molecule has 2 aromatic heterocycles. The number of benzene rings is 2. The molecule has 1 unspecified atom stereocenters. The molecular weight excluding hydrogens is 468 g/mol. The second kappa shape index (κ2) is 8.92. The molecule has 1 atom stereocenters. The minimum atomic E-state index is -0.904. The van der Waals surface area contributed by atoms with Gasteiger partial charge in [-0.3, -0.25) is 14.5 Å². The lowest BCUT2D eigenvalue weighted by Gasteiger charge is -2.24. The topological polar surface area (TPSA) is 102 Å². The Balaban J connectivity index is 1.64. The number of nitrogens with zero attached hydrogens (tertiary/aromatic N) is 2. The number of carbonyl (C=O) groups is 2. The smallest absolute Gasteiger partial charge is 0.296 e. The monoisotopic (exact) mass is 490 g/mol. The Hall–Kier alpha value is -4.11. The van der Waals surface area contributed by atoms with E-state index in [0.717, 1.165) is 4.70 Å². The van der Waals surface area contributed by atoms with Crippen LogP contribution in [-0.4, -0.2) is 35.5 Å². The molecule has 178 valence electrons. The normalized spacial score (nSPS) is 15.8. The van der Waals surface area contributed by atoms with Gasteiger partial charge in [0.05, 0.1) is 35.5 Å². The number of ether oxygens (including phenoxy) is 2. The van der Waals surface area contributed by atoms with Crippen LogP contribution < -0.4 is 14.4 Å². The SMILES string of the molecule is CCOc1ccc(C2C(C(=O)c3ccc(C)o3)=C(O)C(=O)N2c2nc3ccc(OC)cc3s2)cc1. The molecule has 1 aliphatic rings. The molecule has 0 saturated carbocycles. The number of fused-ring (bicyclic) bond motifs is 1. The summed E-state index contributed by atoms with van der Waals surface area (Å²) in [5.41, 5.74) is 1.23. The molecule has 9 heteroatoms. The number of furan rings is 1.